The largest absolute Gasteiger partial charge is 0.474 e. The second-order valence-electron chi connectivity index (χ2n) is 8.25. The van der Waals surface area contributed by atoms with E-state index in [-0.39, 0.29) is 27.9 Å². The summed E-state index contributed by atoms with van der Waals surface area (Å²) in [5.74, 6) is -0.858. The number of halogens is 2. The number of aromatic nitrogens is 3. The van der Waals surface area contributed by atoms with Crippen molar-refractivity contribution in [2.75, 3.05) is 5.32 Å². The predicted octanol–water partition coefficient (Wildman–Crippen LogP) is 4.98. The van der Waals surface area contributed by atoms with Gasteiger partial charge in [-0.3, -0.25) is 9.59 Å². The molecule has 1 aromatic carbocycles. The molecule has 1 aliphatic carbocycles. The fourth-order valence-corrected chi connectivity index (χ4v) is 3.73. The average Bonchev–Trinajstić information content (AvgIpc) is 3.60. The number of benzene rings is 1. The van der Waals surface area contributed by atoms with E-state index < -0.39 is 17.2 Å². The summed E-state index contributed by atoms with van der Waals surface area (Å²) in [4.78, 5) is 35.0. The predicted molar refractivity (Wildman–Crippen MR) is 128 cm³/mol. The van der Waals surface area contributed by atoms with Gasteiger partial charge in [-0.1, -0.05) is 11.6 Å². The molecule has 0 unspecified atom stereocenters. The van der Waals surface area contributed by atoms with Crippen LogP contribution in [-0.4, -0.2) is 26.5 Å². The number of carbonyl (C=O) groups excluding carboxylic acids is 1. The molecule has 0 spiro atoms. The number of hydrogen-bond acceptors (Lipinski definition) is 5. The number of fused-ring (bicyclic) bond motifs is 1. The normalized spacial score (nSPS) is 13.2. The molecule has 1 aliphatic rings. The number of pyridine rings is 3. The summed E-state index contributed by atoms with van der Waals surface area (Å²) in [5.41, 5.74) is 1.75. The number of rotatable bonds is 5. The topological polar surface area (TPSA) is 86.1 Å². The van der Waals surface area contributed by atoms with Gasteiger partial charge in [0.25, 0.3) is 5.91 Å². The summed E-state index contributed by atoms with van der Waals surface area (Å²) >= 11 is 5.92. The third kappa shape index (κ3) is 4.24. The Hall–Kier alpha value is -3.78. The van der Waals surface area contributed by atoms with Crippen molar-refractivity contribution in [3.05, 3.63) is 86.7 Å². The standard InChI is InChI=1S/C25H20ClFN4O3/c1-13-9-21-23(29-14(13)2)24(32)18(12-31(21)20-6-3-15(26)10-19(20)27)25(33)30-16-7-8-28-22(11-16)34-17-4-5-17/h3,6-12,17H,4-5H2,1-2H3,(H,28,30,33). The Morgan fingerprint density at radius 3 is 2.74 bits per heavy atom. The minimum Gasteiger partial charge on any atom is -0.474 e. The minimum absolute atomic E-state index is 0.0672. The van der Waals surface area contributed by atoms with Crippen molar-refractivity contribution in [2.24, 2.45) is 0 Å². The number of nitrogens with zero attached hydrogens (tertiary/aromatic N) is 3. The lowest BCUT2D eigenvalue weighted by Crippen LogP contribution is -2.24. The smallest absolute Gasteiger partial charge is 0.261 e. The Kier molecular flexibility index (Phi) is 5.53. The highest BCUT2D eigenvalue weighted by molar-refractivity contribution is 6.30. The lowest BCUT2D eigenvalue weighted by molar-refractivity contribution is 0.102. The first-order valence-corrected chi connectivity index (χ1v) is 11.1. The van der Waals surface area contributed by atoms with E-state index in [0.29, 0.717) is 22.8 Å². The van der Waals surface area contributed by atoms with Gasteiger partial charge in [0.2, 0.25) is 11.3 Å². The lowest BCUT2D eigenvalue weighted by Gasteiger charge is -2.15. The Bertz CT molecular complexity index is 1510. The molecule has 0 aliphatic heterocycles. The Labute approximate surface area is 199 Å². The van der Waals surface area contributed by atoms with Crippen LogP contribution in [0, 0.1) is 19.7 Å². The van der Waals surface area contributed by atoms with Crippen molar-refractivity contribution in [1.82, 2.24) is 14.5 Å². The van der Waals surface area contributed by atoms with Gasteiger partial charge in [-0.25, -0.2) is 14.4 Å². The highest BCUT2D eigenvalue weighted by Gasteiger charge is 2.24. The molecule has 3 aromatic heterocycles. The second-order valence-corrected chi connectivity index (χ2v) is 8.69. The van der Waals surface area contributed by atoms with Crippen molar-refractivity contribution in [3.63, 3.8) is 0 Å². The van der Waals surface area contributed by atoms with Crippen molar-refractivity contribution in [2.45, 2.75) is 32.8 Å². The highest BCUT2D eigenvalue weighted by atomic mass is 35.5. The van der Waals surface area contributed by atoms with Gasteiger partial charge in [-0.2, -0.15) is 0 Å². The van der Waals surface area contributed by atoms with Crippen molar-refractivity contribution < 1.29 is 13.9 Å². The highest BCUT2D eigenvalue weighted by Crippen LogP contribution is 2.27. The summed E-state index contributed by atoms with van der Waals surface area (Å²) in [6.07, 6.45) is 4.94. The van der Waals surface area contributed by atoms with Crippen LogP contribution < -0.4 is 15.5 Å². The van der Waals surface area contributed by atoms with Gasteiger partial charge in [0.05, 0.1) is 11.2 Å². The molecule has 7 nitrogen and oxygen atoms in total. The van der Waals surface area contributed by atoms with Crippen LogP contribution in [0.25, 0.3) is 16.7 Å². The molecule has 5 rings (SSSR count). The van der Waals surface area contributed by atoms with Crippen LogP contribution in [0.3, 0.4) is 0 Å². The molecule has 9 heteroatoms. The third-order valence-corrected chi connectivity index (χ3v) is 5.88. The van der Waals surface area contributed by atoms with Crippen molar-refractivity contribution in [1.29, 1.82) is 0 Å². The summed E-state index contributed by atoms with van der Waals surface area (Å²) in [6, 6.07) is 9.15. The number of aryl methyl sites for hydroxylation is 2. The fraction of sp³-hybridized carbons (Fsp3) is 0.200. The second kappa shape index (κ2) is 8.53. The quantitative estimate of drug-likeness (QED) is 0.437. The van der Waals surface area contributed by atoms with E-state index in [1.165, 1.54) is 35.2 Å². The van der Waals surface area contributed by atoms with Gasteiger partial charge in [-0.15, -0.1) is 0 Å². The van der Waals surface area contributed by atoms with Crippen LogP contribution in [0.5, 0.6) is 5.88 Å². The number of hydrogen-bond donors (Lipinski definition) is 1. The lowest BCUT2D eigenvalue weighted by atomic mass is 10.1. The maximum Gasteiger partial charge on any atom is 0.261 e. The van der Waals surface area contributed by atoms with Gasteiger partial charge in [0.15, 0.2) is 0 Å². The van der Waals surface area contributed by atoms with E-state index in [1.807, 2.05) is 6.92 Å². The van der Waals surface area contributed by atoms with Gasteiger partial charge in [-0.05, 0) is 62.6 Å². The van der Waals surface area contributed by atoms with Crippen LogP contribution in [0.15, 0.2) is 53.6 Å². The van der Waals surface area contributed by atoms with Crippen LogP contribution in [0.2, 0.25) is 5.02 Å². The SMILES string of the molecule is Cc1cc2c(nc1C)c(=O)c(C(=O)Nc1ccnc(OC3CC3)c1)cn2-c1ccc(Cl)cc1F. The molecule has 1 amide bonds. The zero-order chi connectivity index (χ0) is 24.0. The molecular weight excluding hydrogens is 459 g/mol. The number of nitrogens with one attached hydrogen (secondary N) is 1. The fourth-order valence-electron chi connectivity index (χ4n) is 3.57. The molecule has 0 saturated heterocycles. The zero-order valence-electron chi connectivity index (χ0n) is 18.4. The molecule has 4 aromatic rings. The first-order valence-electron chi connectivity index (χ1n) is 10.7. The van der Waals surface area contributed by atoms with Gasteiger partial charge in [0, 0.05) is 34.9 Å². The average molecular weight is 479 g/mol. The minimum atomic E-state index is -0.654. The summed E-state index contributed by atoms with van der Waals surface area (Å²) in [7, 11) is 0. The monoisotopic (exact) mass is 478 g/mol. The van der Waals surface area contributed by atoms with E-state index in [2.05, 4.69) is 15.3 Å². The Morgan fingerprint density at radius 2 is 2.00 bits per heavy atom. The number of amides is 1. The molecule has 1 N–H and O–H groups in total. The van der Waals surface area contributed by atoms with Gasteiger partial charge < -0.3 is 14.6 Å². The first-order chi connectivity index (χ1) is 16.3. The summed E-state index contributed by atoms with van der Waals surface area (Å²) < 4.78 is 22.0. The molecule has 1 saturated carbocycles. The van der Waals surface area contributed by atoms with E-state index in [9.17, 15) is 14.0 Å². The zero-order valence-corrected chi connectivity index (χ0v) is 19.2. The maximum atomic E-state index is 14.9. The van der Waals surface area contributed by atoms with Crippen LogP contribution in [0.4, 0.5) is 10.1 Å². The van der Waals surface area contributed by atoms with Gasteiger partial charge in [0.1, 0.15) is 23.0 Å². The van der Waals surface area contributed by atoms with Crippen LogP contribution >= 0.6 is 11.6 Å². The number of anilines is 1. The molecule has 3 heterocycles. The molecule has 34 heavy (non-hydrogen) atoms. The molecule has 172 valence electrons. The van der Waals surface area contributed by atoms with E-state index in [1.54, 1.807) is 25.1 Å². The Morgan fingerprint density at radius 1 is 1.21 bits per heavy atom. The number of ether oxygens (including phenoxy) is 1. The molecule has 1 fully saturated rings. The van der Waals surface area contributed by atoms with Crippen molar-refractivity contribution >= 4 is 34.2 Å². The summed E-state index contributed by atoms with van der Waals surface area (Å²) in [5, 5.41) is 2.94. The first kappa shape index (κ1) is 22.0. The molecular formula is C25H20ClFN4O3. The van der Waals surface area contributed by atoms with E-state index in [0.717, 1.165) is 18.4 Å². The summed E-state index contributed by atoms with van der Waals surface area (Å²) in [6.45, 7) is 3.62. The van der Waals surface area contributed by atoms with Crippen molar-refractivity contribution in [3.8, 4) is 11.6 Å². The van der Waals surface area contributed by atoms with Crippen LogP contribution in [0.1, 0.15) is 34.5 Å². The van der Waals surface area contributed by atoms with E-state index >= 15 is 0 Å². The molecule has 0 radical (unpaired) electrons. The number of carbonyl (C=O) groups is 1. The Balaban J connectivity index is 1.62. The third-order valence-electron chi connectivity index (χ3n) is 5.64. The van der Waals surface area contributed by atoms with Gasteiger partial charge >= 0.3 is 0 Å². The maximum absolute atomic E-state index is 14.9. The van der Waals surface area contributed by atoms with Crippen LogP contribution in [-0.2, 0) is 0 Å². The molecule has 0 atom stereocenters. The molecule has 0 bridgehead atoms. The van der Waals surface area contributed by atoms with E-state index in [4.69, 9.17) is 16.3 Å².